The smallest absolute Gasteiger partial charge is 0.220 e. The zero-order valence-corrected chi connectivity index (χ0v) is 7.87. The number of nitrogens with two attached hydrogens (primary N) is 1. The molecule has 1 aromatic carbocycles. The Morgan fingerprint density at radius 3 is 3.07 bits per heavy atom. The molecule has 2 N–H and O–H groups in total. The van der Waals surface area contributed by atoms with E-state index in [-0.39, 0.29) is 11.8 Å². The van der Waals surface area contributed by atoms with Crippen molar-refractivity contribution in [3.8, 4) is 11.3 Å². The lowest BCUT2D eigenvalue weighted by atomic mass is 10.1. The average molecular weight is 201 g/mol. The Labute approximate surface area is 85.8 Å². The second-order valence-corrected chi connectivity index (χ2v) is 3.54. The molecule has 0 saturated heterocycles. The van der Waals surface area contributed by atoms with Gasteiger partial charge in [-0.2, -0.15) is 0 Å². The van der Waals surface area contributed by atoms with Gasteiger partial charge in [-0.05, 0) is 6.07 Å². The first-order valence-electron chi connectivity index (χ1n) is 4.65. The van der Waals surface area contributed by atoms with Crippen LogP contribution in [-0.4, -0.2) is 9.97 Å². The van der Waals surface area contributed by atoms with Crippen LogP contribution in [-0.2, 0) is 6.42 Å². The van der Waals surface area contributed by atoms with E-state index < -0.39 is 0 Å². The highest BCUT2D eigenvalue weighted by molar-refractivity contribution is 5.73. The predicted molar refractivity (Wildman–Crippen MR) is 54.6 cm³/mol. The van der Waals surface area contributed by atoms with Crippen LogP contribution < -0.4 is 5.73 Å². The van der Waals surface area contributed by atoms with Gasteiger partial charge in [-0.25, -0.2) is 14.4 Å². The number of rotatable bonds is 0. The van der Waals surface area contributed by atoms with E-state index in [9.17, 15) is 4.39 Å². The minimum absolute atomic E-state index is 0.191. The van der Waals surface area contributed by atoms with E-state index >= 15 is 0 Å². The first-order valence-corrected chi connectivity index (χ1v) is 4.65. The molecule has 2 aromatic rings. The number of halogens is 1. The summed E-state index contributed by atoms with van der Waals surface area (Å²) in [5.41, 5.74) is 8.73. The summed E-state index contributed by atoms with van der Waals surface area (Å²) in [4.78, 5) is 8.04. The first kappa shape index (κ1) is 8.35. The maximum absolute atomic E-state index is 13.5. The van der Waals surface area contributed by atoms with Crippen molar-refractivity contribution in [3.05, 3.63) is 41.3 Å². The minimum atomic E-state index is -0.191. The lowest BCUT2D eigenvalue weighted by molar-refractivity contribution is 0.616. The van der Waals surface area contributed by atoms with Crippen molar-refractivity contribution in [2.45, 2.75) is 6.42 Å². The lowest BCUT2D eigenvalue weighted by Crippen LogP contribution is -1.96. The number of anilines is 1. The largest absolute Gasteiger partial charge is 0.368 e. The van der Waals surface area contributed by atoms with Crippen LogP contribution in [0.3, 0.4) is 0 Å². The van der Waals surface area contributed by atoms with Crippen LogP contribution >= 0.6 is 0 Å². The molecule has 15 heavy (non-hydrogen) atoms. The van der Waals surface area contributed by atoms with Gasteiger partial charge in [-0.3, -0.25) is 0 Å². The van der Waals surface area contributed by atoms with E-state index in [1.165, 1.54) is 6.07 Å². The summed E-state index contributed by atoms with van der Waals surface area (Å²) in [5, 5.41) is 0. The summed E-state index contributed by atoms with van der Waals surface area (Å²) in [6.07, 6.45) is 2.22. The lowest BCUT2D eigenvalue weighted by Gasteiger charge is -2.00. The van der Waals surface area contributed by atoms with Gasteiger partial charge in [-0.15, -0.1) is 0 Å². The summed E-state index contributed by atoms with van der Waals surface area (Å²) in [6.45, 7) is 0. The van der Waals surface area contributed by atoms with Gasteiger partial charge in [0.15, 0.2) is 0 Å². The van der Waals surface area contributed by atoms with Gasteiger partial charge in [0.1, 0.15) is 5.82 Å². The van der Waals surface area contributed by atoms with Crippen LogP contribution in [0.5, 0.6) is 0 Å². The van der Waals surface area contributed by atoms with Crippen molar-refractivity contribution >= 4 is 5.95 Å². The van der Waals surface area contributed by atoms with Crippen molar-refractivity contribution < 1.29 is 4.39 Å². The van der Waals surface area contributed by atoms with Gasteiger partial charge in [0.2, 0.25) is 5.95 Å². The van der Waals surface area contributed by atoms with E-state index in [1.54, 1.807) is 12.3 Å². The third kappa shape index (κ3) is 1.11. The van der Waals surface area contributed by atoms with Crippen LogP contribution in [0, 0.1) is 5.82 Å². The number of aromatic nitrogens is 2. The number of nitrogen functional groups attached to an aromatic ring is 1. The summed E-state index contributed by atoms with van der Waals surface area (Å²) in [5.74, 6) is 0.0370. The Hall–Kier alpha value is -1.97. The van der Waals surface area contributed by atoms with Crippen molar-refractivity contribution in [1.29, 1.82) is 0 Å². The van der Waals surface area contributed by atoms with Crippen LogP contribution in [0.1, 0.15) is 11.1 Å². The van der Waals surface area contributed by atoms with Gasteiger partial charge in [0.05, 0.1) is 5.69 Å². The molecule has 74 valence electrons. The summed E-state index contributed by atoms with van der Waals surface area (Å²) in [6, 6.07) is 5.00. The molecule has 0 radical (unpaired) electrons. The Balaban J connectivity index is 2.31. The standard InChI is InChI=1S/C11H8FN3/c12-9-3-1-2-7-8(9)4-6-5-14-11(13)15-10(6)7/h1-3,5H,4H2,(H2,13,14,15). The van der Waals surface area contributed by atoms with Gasteiger partial charge >= 0.3 is 0 Å². The van der Waals surface area contributed by atoms with Crippen molar-refractivity contribution in [2.75, 3.05) is 5.73 Å². The molecule has 0 spiro atoms. The fraction of sp³-hybridized carbons (Fsp3) is 0.0909. The molecule has 0 saturated carbocycles. The molecule has 0 aliphatic heterocycles. The molecule has 3 nitrogen and oxygen atoms in total. The van der Waals surface area contributed by atoms with E-state index in [1.807, 2.05) is 6.07 Å². The van der Waals surface area contributed by atoms with Gasteiger partial charge in [-0.1, -0.05) is 12.1 Å². The van der Waals surface area contributed by atoms with Crippen molar-refractivity contribution in [3.63, 3.8) is 0 Å². The topological polar surface area (TPSA) is 51.8 Å². The monoisotopic (exact) mass is 201 g/mol. The highest BCUT2D eigenvalue weighted by Crippen LogP contribution is 2.35. The van der Waals surface area contributed by atoms with E-state index in [0.717, 1.165) is 16.8 Å². The number of nitrogens with zero attached hydrogens (tertiary/aromatic N) is 2. The third-order valence-corrected chi connectivity index (χ3v) is 2.62. The molecule has 1 aromatic heterocycles. The molecule has 0 fully saturated rings. The molecule has 0 bridgehead atoms. The van der Waals surface area contributed by atoms with Gasteiger partial charge in [0.25, 0.3) is 0 Å². The third-order valence-electron chi connectivity index (χ3n) is 2.62. The molecule has 1 aliphatic rings. The summed E-state index contributed by atoms with van der Waals surface area (Å²) >= 11 is 0. The van der Waals surface area contributed by atoms with Crippen LogP contribution in [0.2, 0.25) is 0 Å². The predicted octanol–water partition coefficient (Wildman–Crippen LogP) is 1.77. The molecule has 4 heteroatoms. The Morgan fingerprint density at radius 2 is 2.20 bits per heavy atom. The highest BCUT2D eigenvalue weighted by atomic mass is 19.1. The first-order chi connectivity index (χ1) is 7.25. The minimum Gasteiger partial charge on any atom is -0.368 e. The van der Waals surface area contributed by atoms with Crippen LogP contribution in [0.15, 0.2) is 24.4 Å². The van der Waals surface area contributed by atoms with Gasteiger partial charge < -0.3 is 5.73 Å². The molecule has 0 amide bonds. The number of hydrogen-bond donors (Lipinski definition) is 1. The summed E-state index contributed by atoms with van der Waals surface area (Å²) in [7, 11) is 0. The highest BCUT2D eigenvalue weighted by Gasteiger charge is 2.22. The quantitative estimate of drug-likeness (QED) is 0.603. The summed E-state index contributed by atoms with van der Waals surface area (Å²) < 4.78 is 13.5. The SMILES string of the molecule is Nc1ncc2c(n1)-c1cccc(F)c1C2. The Morgan fingerprint density at radius 1 is 1.33 bits per heavy atom. The Bertz CT molecular complexity index is 552. The fourth-order valence-corrected chi connectivity index (χ4v) is 1.93. The van der Waals surface area contributed by atoms with E-state index in [2.05, 4.69) is 9.97 Å². The Kier molecular flexibility index (Phi) is 1.54. The molecule has 0 unspecified atom stereocenters. The fourth-order valence-electron chi connectivity index (χ4n) is 1.93. The normalized spacial score (nSPS) is 12.3. The van der Waals surface area contributed by atoms with Crippen LogP contribution in [0.4, 0.5) is 10.3 Å². The second kappa shape index (κ2) is 2.76. The number of fused-ring (bicyclic) bond motifs is 3. The second-order valence-electron chi connectivity index (χ2n) is 3.54. The molecular weight excluding hydrogens is 193 g/mol. The van der Waals surface area contributed by atoms with Crippen molar-refractivity contribution in [2.24, 2.45) is 0 Å². The van der Waals surface area contributed by atoms with Crippen LogP contribution in [0.25, 0.3) is 11.3 Å². The maximum atomic E-state index is 13.5. The number of benzene rings is 1. The zero-order chi connectivity index (χ0) is 10.4. The van der Waals surface area contributed by atoms with E-state index in [4.69, 9.17) is 5.73 Å². The van der Waals surface area contributed by atoms with Gasteiger partial charge in [0, 0.05) is 29.3 Å². The average Bonchev–Trinajstić information content (AvgIpc) is 2.58. The maximum Gasteiger partial charge on any atom is 0.220 e. The zero-order valence-electron chi connectivity index (χ0n) is 7.87. The van der Waals surface area contributed by atoms with Crippen molar-refractivity contribution in [1.82, 2.24) is 9.97 Å². The molecular formula is C11H8FN3. The molecule has 1 aliphatic carbocycles. The molecule has 0 atom stereocenters. The molecule has 3 rings (SSSR count). The van der Waals surface area contributed by atoms with E-state index in [0.29, 0.717) is 12.0 Å². The molecule has 1 heterocycles. The number of hydrogen-bond acceptors (Lipinski definition) is 3.